The van der Waals surface area contributed by atoms with E-state index in [9.17, 15) is 18.0 Å². The second-order valence-electron chi connectivity index (χ2n) is 8.90. The summed E-state index contributed by atoms with van der Waals surface area (Å²) in [4.78, 5) is 30.0. The number of sulfonamides is 1. The molecule has 10 nitrogen and oxygen atoms in total. The number of fused-ring (bicyclic) bond motifs is 1. The summed E-state index contributed by atoms with van der Waals surface area (Å²) in [6.07, 6.45) is 0. The Bertz CT molecular complexity index is 1580. The first-order chi connectivity index (χ1) is 18.6. The van der Waals surface area contributed by atoms with Crippen LogP contribution in [0.15, 0.2) is 71.6 Å². The van der Waals surface area contributed by atoms with Crippen LogP contribution in [0, 0.1) is 5.92 Å². The van der Waals surface area contributed by atoms with Gasteiger partial charge < -0.3 is 20.1 Å². The lowest BCUT2D eigenvalue weighted by Gasteiger charge is -2.22. The number of anilines is 2. The number of ether oxygens (including phenoxy) is 2. The highest BCUT2D eigenvalue weighted by molar-refractivity contribution is 7.93. The van der Waals surface area contributed by atoms with Crippen molar-refractivity contribution in [2.45, 2.75) is 24.8 Å². The van der Waals surface area contributed by atoms with Crippen LogP contribution in [0.4, 0.5) is 10.8 Å². The summed E-state index contributed by atoms with van der Waals surface area (Å²) in [5, 5.41) is 5.73. The summed E-state index contributed by atoms with van der Waals surface area (Å²) >= 11 is 1.21. The number of aromatic nitrogens is 1. The minimum Gasteiger partial charge on any atom is -0.497 e. The Labute approximate surface area is 230 Å². The predicted octanol–water partition coefficient (Wildman–Crippen LogP) is 4.51. The van der Waals surface area contributed by atoms with Gasteiger partial charge >= 0.3 is 0 Å². The summed E-state index contributed by atoms with van der Waals surface area (Å²) in [7, 11) is -0.834. The van der Waals surface area contributed by atoms with Crippen LogP contribution in [0.25, 0.3) is 10.2 Å². The van der Waals surface area contributed by atoms with Crippen molar-refractivity contribution in [3.8, 4) is 11.5 Å². The van der Waals surface area contributed by atoms with Crippen molar-refractivity contribution in [3.05, 3.63) is 72.3 Å². The van der Waals surface area contributed by atoms with Gasteiger partial charge in [0.2, 0.25) is 5.91 Å². The third kappa shape index (κ3) is 6.65. The Balaban J connectivity index is 1.42. The van der Waals surface area contributed by atoms with Crippen molar-refractivity contribution >= 4 is 54.2 Å². The van der Waals surface area contributed by atoms with Crippen LogP contribution in [-0.2, 0) is 14.8 Å². The van der Waals surface area contributed by atoms with Crippen LogP contribution in [0.1, 0.15) is 24.2 Å². The molecule has 1 unspecified atom stereocenters. The van der Waals surface area contributed by atoms with Crippen LogP contribution in [-0.4, -0.2) is 45.5 Å². The molecule has 0 aliphatic carbocycles. The summed E-state index contributed by atoms with van der Waals surface area (Å²) in [5.74, 6) is 0.216. The van der Waals surface area contributed by atoms with Crippen molar-refractivity contribution in [2.24, 2.45) is 5.92 Å². The highest BCUT2D eigenvalue weighted by Crippen LogP contribution is 2.30. The summed E-state index contributed by atoms with van der Waals surface area (Å²) in [6.45, 7) is 3.63. The van der Waals surface area contributed by atoms with Crippen LogP contribution in [0.5, 0.6) is 11.5 Å². The van der Waals surface area contributed by atoms with Gasteiger partial charge in [0.25, 0.3) is 15.9 Å². The molecule has 0 aliphatic rings. The Kier molecular flexibility index (Phi) is 8.36. The molecule has 204 valence electrons. The van der Waals surface area contributed by atoms with E-state index in [-0.39, 0.29) is 15.9 Å². The van der Waals surface area contributed by atoms with Gasteiger partial charge in [-0.15, -0.1) is 0 Å². The average molecular weight is 569 g/mol. The van der Waals surface area contributed by atoms with Gasteiger partial charge in [-0.2, -0.15) is 0 Å². The number of rotatable bonds is 10. The molecule has 1 atom stereocenters. The zero-order valence-electron chi connectivity index (χ0n) is 21.7. The van der Waals surface area contributed by atoms with Crippen LogP contribution >= 0.6 is 11.3 Å². The van der Waals surface area contributed by atoms with E-state index in [1.807, 2.05) is 19.9 Å². The second-order valence-corrected chi connectivity index (χ2v) is 11.6. The third-order valence-corrected chi connectivity index (χ3v) is 8.27. The van der Waals surface area contributed by atoms with E-state index < -0.39 is 27.9 Å². The van der Waals surface area contributed by atoms with Crippen LogP contribution < -0.4 is 24.8 Å². The fraction of sp³-hybridized carbons (Fsp3) is 0.222. The minimum absolute atomic E-state index is 0.00514. The SMILES string of the molecule is COc1ccc(C(=O)NC(C(=O)Nc2ccc(S(=O)(=O)Nc3nc4cc(OC)ccc4s3)cc2)C(C)C)cc1. The summed E-state index contributed by atoms with van der Waals surface area (Å²) in [5.41, 5.74) is 1.40. The maximum Gasteiger partial charge on any atom is 0.263 e. The number of nitrogens with one attached hydrogen (secondary N) is 3. The first-order valence-electron chi connectivity index (χ1n) is 11.9. The lowest BCUT2D eigenvalue weighted by atomic mass is 10.0. The summed E-state index contributed by atoms with van der Waals surface area (Å²) in [6, 6.07) is 16.8. The maximum absolute atomic E-state index is 13.0. The zero-order chi connectivity index (χ0) is 28.2. The molecule has 4 aromatic rings. The first kappa shape index (κ1) is 27.9. The van der Waals surface area contributed by atoms with Gasteiger partial charge in [0.1, 0.15) is 17.5 Å². The van der Waals surface area contributed by atoms with Gasteiger partial charge in [-0.05, 0) is 66.6 Å². The molecule has 1 aromatic heterocycles. The number of amides is 2. The van der Waals surface area contributed by atoms with Gasteiger partial charge in [-0.25, -0.2) is 13.4 Å². The van der Waals surface area contributed by atoms with E-state index in [4.69, 9.17) is 9.47 Å². The van der Waals surface area contributed by atoms with Gasteiger partial charge in [0.15, 0.2) is 5.13 Å². The molecular formula is C27H28N4O6S2. The number of hydrogen-bond acceptors (Lipinski definition) is 8. The van der Waals surface area contributed by atoms with Crippen molar-refractivity contribution < 1.29 is 27.5 Å². The molecule has 0 fully saturated rings. The molecule has 0 saturated carbocycles. The van der Waals surface area contributed by atoms with Crippen molar-refractivity contribution in [3.63, 3.8) is 0 Å². The lowest BCUT2D eigenvalue weighted by molar-refractivity contribution is -0.118. The minimum atomic E-state index is -3.92. The normalized spacial score (nSPS) is 12.1. The van der Waals surface area contributed by atoms with Crippen LogP contribution in [0.2, 0.25) is 0 Å². The Morgan fingerprint density at radius 2 is 1.54 bits per heavy atom. The fourth-order valence-corrected chi connectivity index (χ4v) is 5.77. The smallest absolute Gasteiger partial charge is 0.263 e. The number of methoxy groups -OCH3 is 2. The number of carbonyl (C=O) groups is 2. The fourth-order valence-electron chi connectivity index (χ4n) is 3.69. The molecule has 0 bridgehead atoms. The molecule has 3 aromatic carbocycles. The molecule has 39 heavy (non-hydrogen) atoms. The van der Waals surface area contributed by atoms with Crippen LogP contribution in [0.3, 0.4) is 0 Å². The molecule has 3 N–H and O–H groups in total. The molecule has 0 aliphatic heterocycles. The number of nitrogens with zero attached hydrogens (tertiary/aromatic N) is 1. The van der Waals surface area contributed by atoms with E-state index in [1.54, 1.807) is 43.5 Å². The highest BCUT2D eigenvalue weighted by atomic mass is 32.2. The number of carbonyl (C=O) groups excluding carboxylic acids is 2. The molecule has 12 heteroatoms. The monoisotopic (exact) mass is 568 g/mol. The van der Waals surface area contributed by atoms with E-state index in [0.29, 0.717) is 28.3 Å². The highest BCUT2D eigenvalue weighted by Gasteiger charge is 2.25. The Morgan fingerprint density at radius 1 is 0.897 bits per heavy atom. The summed E-state index contributed by atoms with van der Waals surface area (Å²) < 4.78 is 39.4. The molecule has 0 radical (unpaired) electrons. The molecular weight excluding hydrogens is 540 g/mol. The Hall–Kier alpha value is -4.16. The van der Waals surface area contributed by atoms with Gasteiger partial charge in [-0.3, -0.25) is 14.3 Å². The lowest BCUT2D eigenvalue weighted by Crippen LogP contribution is -2.47. The van der Waals surface area contributed by atoms with E-state index >= 15 is 0 Å². The number of thiazole rings is 1. The predicted molar refractivity (Wildman–Crippen MR) is 151 cm³/mol. The standard InChI is InChI=1S/C27H28N4O6S2/c1-16(2)24(30-25(32)17-5-9-19(36-3)10-6-17)26(33)28-18-7-12-21(13-8-18)39(34,35)31-27-29-22-15-20(37-4)11-14-23(22)38-27/h5-16,24H,1-4H3,(H,28,33)(H,29,31)(H,30,32). The molecule has 1 heterocycles. The zero-order valence-corrected chi connectivity index (χ0v) is 23.4. The molecule has 0 spiro atoms. The number of hydrogen-bond donors (Lipinski definition) is 3. The van der Waals surface area contributed by atoms with E-state index in [0.717, 1.165) is 4.70 Å². The topological polar surface area (TPSA) is 136 Å². The molecule has 2 amide bonds. The van der Waals surface area contributed by atoms with E-state index in [2.05, 4.69) is 20.3 Å². The number of benzene rings is 3. The third-order valence-electron chi connectivity index (χ3n) is 5.84. The molecule has 4 rings (SSSR count). The maximum atomic E-state index is 13.0. The van der Waals surface area contributed by atoms with Gasteiger partial charge in [0, 0.05) is 17.3 Å². The molecule has 0 saturated heterocycles. The van der Waals surface area contributed by atoms with Crippen molar-refractivity contribution in [1.29, 1.82) is 0 Å². The van der Waals surface area contributed by atoms with Gasteiger partial charge in [0.05, 0.1) is 29.3 Å². The first-order valence-corrected chi connectivity index (χ1v) is 14.2. The van der Waals surface area contributed by atoms with Gasteiger partial charge in [-0.1, -0.05) is 25.2 Å². The van der Waals surface area contributed by atoms with E-state index in [1.165, 1.54) is 42.7 Å². The Morgan fingerprint density at radius 3 is 2.15 bits per heavy atom. The second kappa shape index (κ2) is 11.7. The quantitative estimate of drug-likeness (QED) is 0.256. The largest absolute Gasteiger partial charge is 0.497 e. The van der Waals surface area contributed by atoms with Crippen molar-refractivity contribution in [1.82, 2.24) is 10.3 Å². The van der Waals surface area contributed by atoms with Crippen molar-refractivity contribution in [2.75, 3.05) is 24.3 Å². The average Bonchev–Trinajstić information content (AvgIpc) is 3.32.